The predicted molar refractivity (Wildman–Crippen MR) is 77.6 cm³/mol. The van der Waals surface area contributed by atoms with Gasteiger partial charge in [-0.15, -0.1) is 0 Å². The molecule has 0 bridgehead atoms. The first-order valence-corrected chi connectivity index (χ1v) is 8.40. The molecule has 1 saturated heterocycles. The van der Waals surface area contributed by atoms with Crippen LogP contribution in [0.3, 0.4) is 0 Å². The van der Waals surface area contributed by atoms with E-state index in [0.29, 0.717) is 43.2 Å². The molecule has 2 aliphatic carbocycles. The van der Waals surface area contributed by atoms with Gasteiger partial charge in [-0.3, -0.25) is 0 Å². The van der Waals surface area contributed by atoms with Gasteiger partial charge in [0.1, 0.15) is 5.69 Å². The van der Waals surface area contributed by atoms with Crippen LogP contribution in [0, 0.1) is 11.1 Å². The molecular weight excluding hydrogens is 300 g/mol. The molecule has 1 saturated carbocycles. The first-order valence-electron chi connectivity index (χ1n) is 8.40. The van der Waals surface area contributed by atoms with Crippen LogP contribution in [-0.4, -0.2) is 62.7 Å². The highest BCUT2D eigenvalue weighted by Gasteiger charge is 2.73. The van der Waals surface area contributed by atoms with Gasteiger partial charge in [0.25, 0.3) is 0 Å². The molecule has 23 heavy (non-hydrogen) atoms. The number of hydroxylamine groups is 1. The van der Waals surface area contributed by atoms with Crippen molar-refractivity contribution in [3.05, 3.63) is 16.6 Å². The molecule has 0 amide bonds. The Morgan fingerprint density at radius 1 is 1.26 bits per heavy atom. The number of hydrogen-bond donors (Lipinski definition) is 1. The van der Waals surface area contributed by atoms with E-state index in [0.717, 1.165) is 37.1 Å². The fraction of sp³-hybridized carbons (Fsp3) is 0.800. The van der Waals surface area contributed by atoms with E-state index in [2.05, 4.69) is 15.2 Å². The van der Waals surface area contributed by atoms with E-state index >= 15 is 0 Å². The Bertz CT molecular complexity index is 683. The number of nitrogens with zero attached hydrogens (tertiary/aromatic N) is 4. The van der Waals surface area contributed by atoms with Crippen LogP contribution < -0.4 is 0 Å². The molecule has 4 aliphatic rings. The molecule has 2 aliphatic heterocycles. The van der Waals surface area contributed by atoms with E-state index in [1.165, 1.54) is 0 Å². The molecule has 8 heteroatoms. The van der Waals surface area contributed by atoms with Crippen LogP contribution in [0.2, 0.25) is 0 Å². The van der Waals surface area contributed by atoms with Crippen LogP contribution >= 0.6 is 0 Å². The summed E-state index contributed by atoms with van der Waals surface area (Å²) in [6.07, 6.45) is 3.62. The minimum absolute atomic E-state index is 0.188. The molecule has 5 rings (SSSR count). The van der Waals surface area contributed by atoms with E-state index in [1.807, 2.05) is 0 Å². The molecule has 1 aromatic rings. The summed E-state index contributed by atoms with van der Waals surface area (Å²) >= 11 is 0. The molecule has 124 valence electrons. The molecule has 2 fully saturated rings. The first-order chi connectivity index (χ1) is 11.2. The molecule has 0 unspecified atom stereocenters. The second kappa shape index (κ2) is 4.52. The van der Waals surface area contributed by atoms with Gasteiger partial charge in [0.05, 0.1) is 19.1 Å². The molecule has 1 N–H and O–H groups in total. The van der Waals surface area contributed by atoms with Crippen molar-refractivity contribution in [3.63, 3.8) is 0 Å². The third kappa shape index (κ3) is 1.49. The highest BCUT2D eigenvalue weighted by atomic mass is 16.6. The van der Waals surface area contributed by atoms with Crippen molar-refractivity contribution in [2.75, 3.05) is 26.3 Å². The smallest absolute Gasteiger partial charge is 0.235 e. The maximum atomic E-state index is 13.3. The standard InChI is InChI=1S/C15H20N4O4/c20-15-11-2-1-5-14(11,18-6-8-22-9-7-18)19(21)12(15)4-3-10-13(15)17-23-16-10/h11,20H,1-9H2/t11-,14+,15-/m1/s1. The van der Waals surface area contributed by atoms with Gasteiger partial charge in [0.2, 0.25) is 17.0 Å². The minimum Gasteiger partial charge on any atom is -0.622 e. The number of morpholine rings is 1. The fourth-order valence-electron chi connectivity index (χ4n) is 5.30. The SMILES string of the molecule is [O-][N+]1=C2CCc3nonc3[C@@]2(O)[C@@H]2CCC[C@@]21N1CCOCC1. The molecule has 0 radical (unpaired) electrons. The summed E-state index contributed by atoms with van der Waals surface area (Å²) in [6, 6.07) is 0. The van der Waals surface area contributed by atoms with Crippen LogP contribution in [-0.2, 0) is 16.8 Å². The van der Waals surface area contributed by atoms with Crippen LogP contribution in [0.1, 0.15) is 37.1 Å². The van der Waals surface area contributed by atoms with Crippen LogP contribution in [0.5, 0.6) is 0 Å². The molecule has 0 spiro atoms. The van der Waals surface area contributed by atoms with Crippen LogP contribution in [0.15, 0.2) is 4.63 Å². The summed E-state index contributed by atoms with van der Waals surface area (Å²) in [6.45, 7) is 2.71. The van der Waals surface area contributed by atoms with E-state index in [9.17, 15) is 10.3 Å². The Morgan fingerprint density at radius 2 is 2.09 bits per heavy atom. The number of rotatable bonds is 1. The molecule has 1 aromatic heterocycles. The average Bonchev–Trinajstić information content (AvgIpc) is 3.26. The molecule has 3 atom stereocenters. The summed E-state index contributed by atoms with van der Waals surface area (Å²) in [5, 5.41) is 32.8. The van der Waals surface area contributed by atoms with Crippen molar-refractivity contribution in [1.82, 2.24) is 15.2 Å². The first kappa shape index (κ1) is 13.9. The zero-order chi connectivity index (χ0) is 15.7. The van der Waals surface area contributed by atoms with Crippen LogP contribution in [0.4, 0.5) is 0 Å². The second-order valence-electron chi connectivity index (χ2n) is 6.99. The number of fused-ring (bicyclic) bond motifs is 5. The summed E-state index contributed by atoms with van der Waals surface area (Å²) in [5.41, 5.74) is -0.314. The van der Waals surface area contributed by atoms with Crippen molar-refractivity contribution in [1.29, 1.82) is 0 Å². The summed E-state index contributed by atoms with van der Waals surface area (Å²) in [7, 11) is 0. The maximum absolute atomic E-state index is 13.3. The number of aryl methyl sites for hydroxylation is 1. The Balaban J connectivity index is 1.69. The van der Waals surface area contributed by atoms with E-state index < -0.39 is 11.3 Å². The monoisotopic (exact) mass is 320 g/mol. The van der Waals surface area contributed by atoms with Gasteiger partial charge < -0.3 is 15.1 Å². The quantitative estimate of drug-likeness (QED) is 0.574. The summed E-state index contributed by atoms with van der Waals surface area (Å²) in [5.74, 6) is -0.188. The van der Waals surface area contributed by atoms with Crippen molar-refractivity contribution < 1.29 is 19.2 Å². The Kier molecular flexibility index (Phi) is 2.73. The van der Waals surface area contributed by atoms with Crippen molar-refractivity contribution in [2.45, 2.75) is 43.4 Å². The summed E-state index contributed by atoms with van der Waals surface area (Å²) in [4.78, 5) is 2.22. The zero-order valence-corrected chi connectivity index (χ0v) is 12.9. The molecule has 8 nitrogen and oxygen atoms in total. The topological polar surface area (TPSA) is 97.7 Å². The lowest BCUT2D eigenvalue weighted by molar-refractivity contribution is -0.583. The molecular formula is C15H20N4O4. The Hall–Kier alpha value is -1.51. The van der Waals surface area contributed by atoms with Gasteiger partial charge in [-0.05, 0) is 12.8 Å². The Labute approximate surface area is 133 Å². The van der Waals surface area contributed by atoms with Crippen molar-refractivity contribution in [2.24, 2.45) is 5.92 Å². The van der Waals surface area contributed by atoms with Crippen molar-refractivity contribution in [3.8, 4) is 0 Å². The minimum atomic E-state index is -1.33. The lowest BCUT2D eigenvalue weighted by atomic mass is 9.73. The average molecular weight is 320 g/mol. The molecule has 3 heterocycles. The number of aromatic nitrogens is 2. The third-order valence-corrected chi connectivity index (χ3v) is 6.21. The largest absolute Gasteiger partial charge is 0.622 e. The maximum Gasteiger partial charge on any atom is 0.235 e. The fourth-order valence-corrected chi connectivity index (χ4v) is 5.30. The van der Waals surface area contributed by atoms with E-state index in [4.69, 9.17) is 9.37 Å². The van der Waals surface area contributed by atoms with Gasteiger partial charge in [-0.25, -0.2) is 9.53 Å². The lowest BCUT2D eigenvalue weighted by Crippen LogP contribution is -2.60. The normalized spacial score (nSPS) is 40.1. The summed E-state index contributed by atoms with van der Waals surface area (Å²) < 4.78 is 11.5. The van der Waals surface area contributed by atoms with Gasteiger partial charge in [-0.1, -0.05) is 10.3 Å². The van der Waals surface area contributed by atoms with E-state index in [1.54, 1.807) is 0 Å². The van der Waals surface area contributed by atoms with E-state index in [-0.39, 0.29) is 5.92 Å². The van der Waals surface area contributed by atoms with Crippen molar-refractivity contribution >= 4 is 5.71 Å². The van der Waals surface area contributed by atoms with Gasteiger partial charge in [0, 0.05) is 32.4 Å². The Morgan fingerprint density at radius 3 is 2.91 bits per heavy atom. The number of hydrogen-bond acceptors (Lipinski definition) is 7. The second-order valence-corrected chi connectivity index (χ2v) is 6.99. The van der Waals surface area contributed by atoms with Gasteiger partial charge in [0.15, 0.2) is 5.69 Å². The van der Waals surface area contributed by atoms with Crippen LogP contribution in [0.25, 0.3) is 0 Å². The highest BCUT2D eigenvalue weighted by Crippen LogP contribution is 2.56. The lowest BCUT2D eigenvalue weighted by Gasteiger charge is -2.42. The van der Waals surface area contributed by atoms with Gasteiger partial charge in [-0.2, -0.15) is 4.74 Å². The molecule has 0 aromatic carbocycles. The predicted octanol–water partition coefficient (Wildman–Crippen LogP) is -0.00310. The van der Waals surface area contributed by atoms with Gasteiger partial charge >= 0.3 is 0 Å². The zero-order valence-electron chi connectivity index (χ0n) is 12.9. The number of aliphatic hydroxyl groups is 1. The third-order valence-electron chi connectivity index (χ3n) is 6.21. The highest BCUT2D eigenvalue weighted by molar-refractivity contribution is 5.92. The number of ether oxygens (including phenoxy) is 1.